The number of nitrogens with one attached hydrogen (secondary N) is 1. The molecule has 1 unspecified atom stereocenters. The number of aromatic amines is 1. The van der Waals surface area contributed by atoms with Crippen molar-refractivity contribution in [1.29, 1.82) is 0 Å². The van der Waals surface area contributed by atoms with E-state index >= 15 is 0 Å². The molecule has 0 radical (unpaired) electrons. The second kappa shape index (κ2) is 8.23. The van der Waals surface area contributed by atoms with Gasteiger partial charge in [0.05, 0.1) is 5.56 Å². The van der Waals surface area contributed by atoms with E-state index in [1.807, 2.05) is 22.7 Å². The lowest BCUT2D eigenvalue weighted by molar-refractivity contribution is 0.217. The minimum atomic E-state index is -0.0587. The van der Waals surface area contributed by atoms with Crippen LogP contribution in [0, 0.1) is 13.8 Å². The molecule has 148 valence electrons. The summed E-state index contributed by atoms with van der Waals surface area (Å²) < 4.78 is 5.27. The molecule has 0 spiro atoms. The normalized spacial score (nSPS) is 16.4. The second-order valence-electron chi connectivity index (χ2n) is 7.58. The molecular weight excluding hydrogens is 388 g/mol. The van der Waals surface area contributed by atoms with Crippen LogP contribution in [0.15, 0.2) is 38.3 Å². The van der Waals surface area contributed by atoms with Gasteiger partial charge in [0.2, 0.25) is 0 Å². The Kier molecular flexibility index (Phi) is 5.71. The molecule has 1 aliphatic rings. The van der Waals surface area contributed by atoms with Crippen molar-refractivity contribution in [3.63, 3.8) is 0 Å². The van der Waals surface area contributed by atoms with E-state index in [4.69, 9.17) is 4.52 Å². The van der Waals surface area contributed by atoms with Crippen molar-refractivity contribution in [3.05, 3.63) is 71.5 Å². The summed E-state index contributed by atoms with van der Waals surface area (Å²) in [6, 6.07) is 4.80. The van der Waals surface area contributed by atoms with Crippen LogP contribution in [-0.2, 0) is 12.8 Å². The van der Waals surface area contributed by atoms with Crippen molar-refractivity contribution in [2.75, 3.05) is 13.6 Å². The molecule has 3 heterocycles. The van der Waals surface area contributed by atoms with Gasteiger partial charge < -0.3 is 9.42 Å². The van der Waals surface area contributed by atoms with Gasteiger partial charge in [-0.05, 0) is 74.2 Å². The summed E-state index contributed by atoms with van der Waals surface area (Å²) >= 11 is 3.65. The summed E-state index contributed by atoms with van der Waals surface area (Å²) in [7, 11) is 2.17. The van der Waals surface area contributed by atoms with E-state index in [2.05, 4.69) is 59.9 Å². The van der Waals surface area contributed by atoms with Crippen molar-refractivity contribution in [3.8, 4) is 0 Å². The molecule has 6 heteroatoms. The van der Waals surface area contributed by atoms with Crippen molar-refractivity contribution < 1.29 is 4.52 Å². The first-order chi connectivity index (χ1) is 13.5. The molecule has 3 aromatic heterocycles. The zero-order valence-electron chi connectivity index (χ0n) is 16.6. The zero-order valence-corrected chi connectivity index (χ0v) is 18.2. The maximum Gasteiger partial charge on any atom is 0.283 e. The standard InChI is InChI=1S/C22H26N2O2S2/c1-14-8-11-27-20(14)17(21-15(2)9-12-28-21)5-4-10-24(3)16-6-7-19-18(13-16)22(25)23-26-19/h5,8-9,11-12,16H,4,6-7,10,13H2,1-3H3,(H,23,25). The number of likely N-dealkylation sites (N-methyl/N-ethyl adjacent to an activating group) is 1. The Morgan fingerprint density at radius 2 is 1.93 bits per heavy atom. The summed E-state index contributed by atoms with van der Waals surface area (Å²) in [4.78, 5) is 17.0. The molecule has 28 heavy (non-hydrogen) atoms. The quantitative estimate of drug-likeness (QED) is 0.616. The minimum absolute atomic E-state index is 0.0587. The summed E-state index contributed by atoms with van der Waals surface area (Å²) in [5, 5.41) is 6.83. The highest BCUT2D eigenvalue weighted by Gasteiger charge is 2.26. The van der Waals surface area contributed by atoms with Crippen molar-refractivity contribution in [2.24, 2.45) is 0 Å². The third kappa shape index (κ3) is 3.81. The second-order valence-corrected chi connectivity index (χ2v) is 9.42. The van der Waals surface area contributed by atoms with Crippen LogP contribution >= 0.6 is 22.7 Å². The van der Waals surface area contributed by atoms with Gasteiger partial charge in [0.25, 0.3) is 5.56 Å². The maximum atomic E-state index is 11.9. The van der Waals surface area contributed by atoms with E-state index in [0.717, 1.165) is 43.6 Å². The van der Waals surface area contributed by atoms with Gasteiger partial charge in [-0.15, -0.1) is 22.7 Å². The van der Waals surface area contributed by atoms with Crippen molar-refractivity contribution in [1.82, 2.24) is 10.1 Å². The highest BCUT2D eigenvalue weighted by Crippen LogP contribution is 2.35. The van der Waals surface area contributed by atoms with Gasteiger partial charge in [0.15, 0.2) is 0 Å². The van der Waals surface area contributed by atoms with E-state index in [9.17, 15) is 4.79 Å². The largest absolute Gasteiger partial charge is 0.383 e. The molecule has 0 aliphatic heterocycles. The van der Waals surface area contributed by atoms with Gasteiger partial charge in [0, 0.05) is 34.3 Å². The highest BCUT2D eigenvalue weighted by molar-refractivity contribution is 7.14. The Morgan fingerprint density at radius 1 is 1.25 bits per heavy atom. The van der Waals surface area contributed by atoms with Crippen LogP contribution in [0.1, 0.15) is 45.0 Å². The van der Waals surface area contributed by atoms with Crippen molar-refractivity contribution in [2.45, 2.75) is 45.6 Å². The van der Waals surface area contributed by atoms with Gasteiger partial charge in [-0.3, -0.25) is 4.79 Å². The Balaban J connectivity index is 1.47. The molecule has 0 saturated carbocycles. The lowest BCUT2D eigenvalue weighted by atomic mass is 9.93. The minimum Gasteiger partial charge on any atom is -0.383 e. The lowest BCUT2D eigenvalue weighted by Gasteiger charge is -2.29. The number of rotatable bonds is 6. The van der Waals surface area contributed by atoms with Crippen LogP contribution in [0.2, 0.25) is 0 Å². The fourth-order valence-corrected chi connectivity index (χ4v) is 5.97. The molecule has 1 atom stereocenters. The van der Waals surface area contributed by atoms with Gasteiger partial charge in [-0.1, -0.05) is 6.08 Å². The molecule has 0 amide bonds. The maximum absolute atomic E-state index is 11.9. The molecular formula is C22H26N2O2S2. The first-order valence-electron chi connectivity index (χ1n) is 9.73. The number of H-pyrrole nitrogens is 1. The fraction of sp³-hybridized carbons (Fsp3) is 0.409. The predicted octanol–water partition coefficient (Wildman–Crippen LogP) is 5.02. The SMILES string of the molecule is Cc1ccsc1C(=CCCN(C)C1CCc2o[nH]c(=O)c2C1)c1sccc1C. The van der Waals surface area contributed by atoms with Crippen LogP contribution in [0.25, 0.3) is 5.57 Å². The van der Waals surface area contributed by atoms with E-state index in [1.165, 1.54) is 26.5 Å². The Labute approximate surface area is 173 Å². The van der Waals surface area contributed by atoms with Crippen LogP contribution in [0.4, 0.5) is 0 Å². The summed E-state index contributed by atoms with van der Waals surface area (Å²) in [5.74, 6) is 0.846. The molecule has 4 nitrogen and oxygen atoms in total. The van der Waals surface area contributed by atoms with Gasteiger partial charge in [-0.25, -0.2) is 0 Å². The van der Waals surface area contributed by atoms with E-state index in [-0.39, 0.29) is 5.56 Å². The summed E-state index contributed by atoms with van der Waals surface area (Å²) in [6.07, 6.45) is 6.04. The van der Waals surface area contributed by atoms with Crippen LogP contribution in [0.3, 0.4) is 0 Å². The smallest absolute Gasteiger partial charge is 0.283 e. The number of hydrogen-bond acceptors (Lipinski definition) is 5. The molecule has 3 aromatic rings. The number of aryl methyl sites for hydroxylation is 3. The highest BCUT2D eigenvalue weighted by atomic mass is 32.1. The molecule has 0 aromatic carbocycles. The molecule has 0 saturated heterocycles. The first-order valence-corrected chi connectivity index (χ1v) is 11.5. The Morgan fingerprint density at radius 3 is 2.54 bits per heavy atom. The third-order valence-corrected chi connectivity index (χ3v) is 7.79. The first kappa shape index (κ1) is 19.4. The van der Waals surface area contributed by atoms with E-state index in [1.54, 1.807) is 0 Å². The number of fused-ring (bicyclic) bond motifs is 1. The lowest BCUT2D eigenvalue weighted by Crippen LogP contribution is -2.38. The van der Waals surface area contributed by atoms with Gasteiger partial charge >= 0.3 is 0 Å². The average molecular weight is 415 g/mol. The van der Waals surface area contributed by atoms with Gasteiger partial charge in [0.1, 0.15) is 5.76 Å². The van der Waals surface area contributed by atoms with Crippen LogP contribution in [-0.4, -0.2) is 29.7 Å². The molecule has 1 aliphatic carbocycles. The van der Waals surface area contributed by atoms with Crippen molar-refractivity contribution >= 4 is 28.2 Å². The fourth-order valence-electron chi connectivity index (χ4n) is 3.96. The van der Waals surface area contributed by atoms with E-state index in [0.29, 0.717) is 6.04 Å². The van der Waals surface area contributed by atoms with Crippen LogP contribution in [0.5, 0.6) is 0 Å². The summed E-state index contributed by atoms with van der Waals surface area (Å²) in [5.41, 5.74) is 4.83. The number of hydrogen-bond donors (Lipinski definition) is 1. The number of nitrogens with zero attached hydrogens (tertiary/aromatic N) is 1. The number of aromatic nitrogens is 1. The molecule has 0 fully saturated rings. The zero-order chi connectivity index (χ0) is 19.7. The molecule has 4 rings (SSSR count). The van der Waals surface area contributed by atoms with Crippen LogP contribution < -0.4 is 5.56 Å². The predicted molar refractivity (Wildman–Crippen MR) is 118 cm³/mol. The average Bonchev–Trinajstić information content (AvgIpc) is 3.40. The monoisotopic (exact) mass is 414 g/mol. The topological polar surface area (TPSA) is 49.2 Å². The molecule has 0 bridgehead atoms. The Hall–Kier alpha value is -1.89. The third-order valence-electron chi connectivity index (χ3n) is 5.69. The number of thiophene rings is 2. The summed E-state index contributed by atoms with van der Waals surface area (Å²) in [6.45, 7) is 5.36. The van der Waals surface area contributed by atoms with E-state index < -0.39 is 0 Å². The van der Waals surface area contributed by atoms with Gasteiger partial charge in [-0.2, -0.15) is 5.16 Å². The Bertz CT molecular complexity index is 995. The molecule has 1 N–H and O–H groups in total.